The van der Waals surface area contributed by atoms with E-state index in [0.29, 0.717) is 50.0 Å². The number of hydrogen-bond acceptors (Lipinski definition) is 8. The van der Waals surface area contributed by atoms with E-state index in [1.54, 1.807) is 12.4 Å². The number of pyridine rings is 1. The Morgan fingerprint density at radius 1 is 1.13 bits per heavy atom. The number of aliphatic hydroxyl groups is 1. The number of para-hydroxylation sites is 1. The molecule has 2 aliphatic heterocycles. The van der Waals surface area contributed by atoms with Gasteiger partial charge in [-0.15, -0.1) is 0 Å². The number of rotatable bonds is 5. The van der Waals surface area contributed by atoms with E-state index in [-0.39, 0.29) is 6.10 Å². The van der Waals surface area contributed by atoms with Crippen molar-refractivity contribution in [2.45, 2.75) is 25.2 Å². The minimum absolute atomic E-state index is 0.305. The number of likely N-dealkylation sites (tertiary alicyclic amines) is 1. The first-order chi connectivity index (χ1) is 14.8. The average Bonchev–Trinajstić information content (AvgIpc) is 3.25. The zero-order valence-electron chi connectivity index (χ0n) is 16.4. The Morgan fingerprint density at radius 3 is 2.87 bits per heavy atom. The molecule has 156 valence electrons. The number of nitrogens with zero attached hydrogens (tertiary/aromatic N) is 3. The largest absolute Gasteiger partial charge is 0.486 e. The third kappa shape index (κ3) is 3.96. The van der Waals surface area contributed by atoms with Gasteiger partial charge in [0.2, 0.25) is 5.75 Å². The van der Waals surface area contributed by atoms with E-state index < -0.39 is 6.10 Å². The minimum Gasteiger partial charge on any atom is -0.486 e. The Kier molecular flexibility index (Phi) is 5.25. The molecule has 0 unspecified atom stereocenters. The lowest BCUT2D eigenvalue weighted by Gasteiger charge is -2.35. The van der Waals surface area contributed by atoms with Crippen LogP contribution in [-0.2, 0) is 6.54 Å². The molecule has 0 saturated carbocycles. The van der Waals surface area contributed by atoms with Crippen molar-refractivity contribution in [3.8, 4) is 28.5 Å². The van der Waals surface area contributed by atoms with Crippen molar-refractivity contribution >= 4 is 0 Å². The van der Waals surface area contributed by atoms with Gasteiger partial charge in [-0.25, -0.2) is 0 Å². The smallest absolute Gasteiger partial charge is 0.203 e. The normalized spacial score (nSPS) is 21.4. The van der Waals surface area contributed by atoms with Crippen molar-refractivity contribution in [2.24, 2.45) is 0 Å². The Hall–Kier alpha value is -3.10. The summed E-state index contributed by atoms with van der Waals surface area (Å²) in [5.74, 6) is 2.67. The van der Waals surface area contributed by atoms with Gasteiger partial charge >= 0.3 is 0 Å². The summed E-state index contributed by atoms with van der Waals surface area (Å²) in [5.41, 5.74) is 1.74. The van der Waals surface area contributed by atoms with Gasteiger partial charge in [0.15, 0.2) is 17.3 Å². The molecule has 2 aromatic heterocycles. The van der Waals surface area contributed by atoms with Crippen molar-refractivity contribution in [3.05, 3.63) is 54.6 Å². The average molecular weight is 409 g/mol. The number of benzene rings is 1. The van der Waals surface area contributed by atoms with E-state index in [2.05, 4.69) is 15.0 Å². The lowest BCUT2D eigenvalue weighted by Crippen LogP contribution is -2.48. The molecule has 8 nitrogen and oxygen atoms in total. The lowest BCUT2D eigenvalue weighted by molar-refractivity contribution is -0.0307. The fourth-order valence-electron chi connectivity index (χ4n) is 3.83. The van der Waals surface area contributed by atoms with Crippen LogP contribution in [0.3, 0.4) is 0 Å². The fourth-order valence-corrected chi connectivity index (χ4v) is 3.83. The van der Waals surface area contributed by atoms with Crippen LogP contribution in [0.15, 0.2) is 53.3 Å². The van der Waals surface area contributed by atoms with E-state index >= 15 is 0 Å². The highest BCUT2D eigenvalue weighted by molar-refractivity contribution is 5.57. The van der Waals surface area contributed by atoms with Crippen molar-refractivity contribution in [2.75, 3.05) is 26.3 Å². The molecule has 3 aromatic rings. The SMILES string of the molecule is O[C@@H]1CN(Cc2cc(-c3ccncc3)no2)CC[C@H]1Oc1cccc2c1OCCO2. The number of piperidine rings is 1. The van der Waals surface area contributed by atoms with Crippen molar-refractivity contribution in [3.63, 3.8) is 0 Å². The molecule has 1 saturated heterocycles. The van der Waals surface area contributed by atoms with E-state index in [0.717, 1.165) is 23.6 Å². The first kappa shape index (κ1) is 18.9. The van der Waals surface area contributed by atoms with Crippen molar-refractivity contribution < 1.29 is 23.8 Å². The summed E-state index contributed by atoms with van der Waals surface area (Å²) in [5, 5.41) is 14.8. The van der Waals surface area contributed by atoms with Crippen molar-refractivity contribution in [1.29, 1.82) is 0 Å². The molecule has 2 aliphatic rings. The topological polar surface area (TPSA) is 90.1 Å². The van der Waals surface area contributed by atoms with Gasteiger partial charge in [0.1, 0.15) is 31.1 Å². The lowest BCUT2D eigenvalue weighted by atomic mass is 10.0. The maximum absolute atomic E-state index is 10.7. The van der Waals surface area contributed by atoms with Crippen molar-refractivity contribution in [1.82, 2.24) is 15.0 Å². The minimum atomic E-state index is -0.623. The zero-order valence-corrected chi connectivity index (χ0v) is 16.4. The number of ether oxygens (including phenoxy) is 3. The quantitative estimate of drug-likeness (QED) is 0.688. The second kappa shape index (κ2) is 8.33. The van der Waals surface area contributed by atoms with Gasteiger partial charge in [0, 0.05) is 37.1 Å². The van der Waals surface area contributed by atoms with Gasteiger partial charge in [-0.1, -0.05) is 11.2 Å². The molecule has 0 aliphatic carbocycles. The van der Waals surface area contributed by atoms with E-state index in [1.165, 1.54) is 0 Å². The van der Waals surface area contributed by atoms with E-state index in [9.17, 15) is 5.11 Å². The maximum atomic E-state index is 10.7. The summed E-state index contributed by atoms with van der Waals surface area (Å²) < 4.78 is 22.9. The molecule has 0 amide bonds. The number of hydrogen-bond donors (Lipinski definition) is 1. The molecule has 0 spiro atoms. The zero-order chi connectivity index (χ0) is 20.3. The Labute approximate surface area is 174 Å². The molecule has 1 N–H and O–H groups in total. The maximum Gasteiger partial charge on any atom is 0.203 e. The summed E-state index contributed by atoms with van der Waals surface area (Å²) in [4.78, 5) is 6.16. The molecule has 2 atom stereocenters. The molecular formula is C22H23N3O5. The second-order valence-electron chi connectivity index (χ2n) is 7.44. The summed E-state index contributed by atoms with van der Waals surface area (Å²) in [7, 11) is 0. The number of aromatic nitrogens is 2. The van der Waals surface area contributed by atoms with Crippen LogP contribution in [0.2, 0.25) is 0 Å². The molecular weight excluding hydrogens is 386 g/mol. The molecule has 1 aromatic carbocycles. The number of β-amino-alcohol motifs (C(OH)–C–C–N with tert-alkyl or cyclic N) is 1. The number of aliphatic hydroxyl groups excluding tert-OH is 1. The van der Waals surface area contributed by atoms with Gasteiger partial charge in [0.25, 0.3) is 0 Å². The summed E-state index contributed by atoms with van der Waals surface area (Å²) >= 11 is 0. The second-order valence-corrected chi connectivity index (χ2v) is 7.44. The third-order valence-electron chi connectivity index (χ3n) is 5.33. The van der Waals surface area contributed by atoms with Crippen LogP contribution in [0.5, 0.6) is 17.2 Å². The van der Waals surface area contributed by atoms with Gasteiger partial charge in [-0.3, -0.25) is 9.88 Å². The Bertz CT molecular complexity index is 993. The fraction of sp³-hybridized carbons (Fsp3) is 0.364. The molecule has 1 fully saturated rings. The van der Waals surface area contributed by atoms with Gasteiger partial charge in [-0.05, 0) is 30.7 Å². The van der Waals surface area contributed by atoms with Gasteiger partial charge in [-0.2, -0.15) is 0 Å². The van der Waals surface area contributed by atoms with Gasteiger partial charge in [0.05, 0.1) is 6.54 Å². The van der Waals surface area contributed by atoms with Crippen LogP contribution in [0.1, 0.15) is 12.2 Å². The highest BCUT2D eigenvalue weighted by atomic mass is 16.6. The van der Waals surface area contributed by atoms with Crippen LogP contribution in [0.4, 0.5) is 0 Å². The van der Waals surface area contributed by atoms with Gasteiger partial charge < -0.3 is 23.8 Å². The standard InChI is InChI=1S/C22H23N3O5/c26-18-14-25(13-16-12-17(24-30-16)15-4-7-23-8-5-15)9-6-19(18)29-21-3-1-2-20-22(21)28-11-10-27-20/h1-5,7-8,12,18-19,26H,6,9-11,13-14H2/t18-,19-/m1/s1. The molecule has 8 heteroatoms. The highest BCUT2D eigenvalue weighted by Crippen LogP contribution is 2.40. The van der Waals surface area contributed by atoms with E-state index in [1.807, 2.05) is 36.4 Å². The molecule has 5 rings (SSSR count). The van der Waals surface area contributed by atoms with E-state index in [4.69, 9.17) is 18.7 Å². The molecule has 30 heavy (non-hydrogen) atoms. The first-order valence-electron chi connectivity index (χ1n) is 10.1. The summed E-state index contributed by atoms with van der Waals surface area (Å²) in [6.07, 6.45) is 3.22. The molecule has 4 heterocycles. The predicted molar refractivity (Wildman–Crippen MR) is 107 cm³/mol. The Balaban J connectivity index is 1.20. The van der Waals surface area contributed by atoms with Crippen LogP contribution in [0, 0.1) is 0 Å². The monoisotopic (exact) mass is 409 g/mol. The molecule has 0 radical (unpaired) electrons. The number of fused-ring (bicyclic) bond motifs is 1. The predicted octanol–water partition coefficient (Wildman–Crippen LogP) is 2.52. The van der Waals surface area contributed by atoms with Crippen LogP contribution in [0.25, 0.3) is 11.3 Å². The highest BCUT2D eigenvalue weighted by Gasteiger charge is 2.31. The summed E-state index contributed by atoms with van der Waals surface area (Å²) in [6, 6.07) is 11.3. The molecule has 0 bridgehead atoms. The van der Waals surface area contributed by atoms with Crippen LogP contribution < -0.4 is 14.2 Å². The Morgan fingerprint density at radius 2 is 2.00 bits per heavy atom. The van der Waals surface area contributed by atoms with Crippen LogP contribution in [-0.4, -0.2) is 58.7 Å². The third-order valence-corrected chi connectivity index (χ3v) is 5.33. The first-order valence-corrected chi connectivity index (χ1v) is 10.1. The summed E-state index contributed by atoms with van der Waals surface area (Å²) in [6.45, 7) is 2.87. The van der Waals surface area contributed by atoms with Crippen LogP contribution >= 0.6 is 0 Å².